The Morgan fingerprint density at radius 1 is 1.10 bits per heavy atom. The molecule has 0 unspecified atom stereocenters. The number of rotatable bonds is 5. The molecule has 2 aliphatic rings. The van der Waals surface area contributed by atoms with Gasteiger partial charge in [-0.1, -0.05) is 13.8 Å². The molecule has 1 N–H and O–H groups in total. The molecule has 0 spiro atoms. The highest BCUT2D eigenvalue weighted by atomic mass is 16.7. The van der Waals surface area contributed by atoms with Gasteiger partial charge in [0.1, 0.15) is 18.1 Å². The Morgan fingerprint density at radius 3 is 2.49 bits per heavy atom. The van der Waals surface area contributed by atoms with Crippen LogP contribution in [-0.2, 0) is 34.7 Å². The normalized spacial score (nSPS) is 16.9. The number of non-ortho nitro benzene ring substituents is 1. The van der Waals surface area contributed by atoms with Gasteiger partial charge in [0.15, 0.2) is 5.60 Å². The number of cyclic esters (lactones) is 1. The fraction of sp³-hybridized carbons (Fsp3) is 0.241. The molecule has 12 nitrogen and oxygen atoms in total. The van der Waals surface area contributed by atoms with Crippen LogP contribution in [0.15, 0.2) is 53.3 Å². The van der Waals surface area contributed by atoms with Crippen molar-refractivity contribution in [3.05, 3.63) is 91.3 Å². The topological polar surface area (TPSA) is 160 Å². The minimum Gasteiger partial charge on any atom is -0.458 e. The molecular weight excluding hydrogens is 534 g/mol. The van der Waals surface area contributed by atoms with Gasteiger partial charge >= 0.3 is 12.1 Å². The molecule has 12 heteroatoms. The number of aliphatic hydroxyl groups is 1. The van der Waals surface area contributed by atoms with Crippen molar-refractivity contribution in [3.63, 3.8) is 0 Å². The van der Waals surface area contributed by atoms with E-state index in [0.717, 1.165) is 16.5 Å². The molecule has 4 heterocycles. The highest BCUT2D eigenvalue weighted by Gasteiger charge is 2.45. The summed E-state index contributed by atoms with van der Waals surface area (Å²) in [7, 11) is 0. The maximum Gasteiger partial charge on any atom is 0.519 e. The molecule has 2 aromatic heterocycles. The fourth-order valence-electron chi connectivity index (χ4n) is 5.46. The Kier molecular flexibility index (Phi) is 6.07. The van der Waals surface area contributed by atoms with Crippen LogP contribution < -0.4 is 15.0 Å². The van der Waals surface area contributed by atoms with Crippen LogP contribution in [0.2, 0.25) is 0 Å². The van der Waals surface area contributed by atoms with E-state index in [-0.39, 0.29) is 53.4 Å². The number of carbonyl (C=O) groups is 2. The van der Waals surface area contributed by atoms with E-state index >= 15 is 0 Å². The van der Waals surface area contributed by atoms with Gasteiger partial charge in [0.2, 0.25) is 0 Å². The average molecular weight is 558 g/mol. The summed E-state index contributed by atoms with van der Waals surface area (Å²) in [6.45, 7) is 3.65. The second-order valence-electron chi connectivity index (χ2n) is 9.76. The van der Waals surface area contributed by atoms with Crippen LogP contribution in [0.25, 0.3) is 22.3 Å². The van der Waals surface area contributed by atoms with E-state index in [0.29, 0.717) is 23.3 Å². The second kappa shape index (κ2) is 9.52. The van der Waals surface area contributed by atoms with Gasteiger partial charge in [0.05, 0.1) is 33.9 Å². The van der Waals surface area contributed by atoms with E-state index in [4.69, 9.17) is 19.2 Å². The summed E-state index contributed by atoms with van der Waals surface area (Å²) < 4.78 is 17.2. The monoisotopic (exact) mass is 557 g/mol. The Balaban J connectivity index is 1.36. The zero-order valence-electron chi connectivity index (χ0n) is 22.0. The molecule has 0 bridgehead atoms. The number of aryl methyl sites for hydroxylation is 1. The number of hydrogen-bond acceptors (Lipinski definition) is 10. The predicted octanol–water partition coefficient (Wildman–Crippen LogP) is 4.13. The van der Waals surface area contributed by atoms with Crippen LogP contribution >= 0.6 is 0 Å². The van der Waals surface area contributed by atoms with Crippen molar-refractivity contribution in [3.8, 4) is 22.9 Å². The Bertz CT molecular complexity index is 1850. The number of carbonyl (C=O) groups excluding carboxylic acids is 2. The molecule has 0 saturated heterocycles. The summed E-state index contributed by atoms with van der Waals surface area (Å²) in [6.07, 6.45) is -0.383. The van der Waals surface area contributed by atoms with Crippen molar-refractivity contribution in [1.29, 1.82) is 0 Å². The zero-order chi connectivity index (χ0) is 29.1. The standard InChI is InChI=1S/C29H23N3O9/c1-3-18-19-11-17(41-28(35)40-16-7-5-15(6-8-16)32(37)38)9-10-23(19)30-25-20(18)13-31-24(25)12-22-21(26(31)33)14-39-27(34)29(22,36)4-2/h5-12,36H,3-4,13-14H2,1-2H3/t29-/m0/s1. The Morgan fingerprint density at radius 2 is 1.80 bits per heavy atom. The number of fused-ring (bicyclic) bond motifs is 5. The SMILES string of the molecule is CCc1c2c(nc3ccc(OC(=O)Oc4ccc([N+](=O)[O-])cc4)cc13)-c1cc3c(c(=O)n1C2)COC(=O)[C@]3(O)CC. The van der Waals surface area contributed by atoms with Gasteiger partial charge in [-0.05, 0) is 54.8 Å². The summed E-state index contributed by atoms with van der Waals surface area (Å²) >= 11 is 0. The number of nitro benzene ring substituents is 1. The summed E-state index contributed by atoms with van der Waals surface area (Å²) in [5.41, 5.74) is 1.50. The largest absolute Gasteiger partial charge is 0.519 e. The third-order valence-electron chi connectivity index (χ3n) is 7.58. The first-order valence-corrected chi connectivity index (χ1v) is 12.9. The molecule has 0 saturated carbocycles. The molecule has 208 valence electrons. The lowest BCUT2D eigenvalue weighted by Gasteiger charge is -2.31. The fourth-order valence-corrected chi connectivity index (χ4v) is 5.46. The van der Waals surface area contributed by atoms with Crippen LogP contribution in [0, 0.1) is 10.1 Å². The number of nitrogens with zero attached hydrogens (tertiary/aromatic N) is 3. The van der Waals surface area contributed by atoms with Crippen LogP contribution in [0.4, 0.5) is 10.5 Å². The number of aromatic nitrogens is 2. The Hall–Kier alpha value is -5.10. The minimum absolute atomic E-state index is 0.0509. The molecule has 0 amide bonds. The molecule has 2 aliphatic heterocycles. The molecule has 4 aromatic rings. The van der Waals surface area contributed by atoms with E-state index in [1.54, 1.807) is 35.8 Å². The number of hydrogen-bond donors (Lipinski definition) is 1. The van der Waals surface area contributed by atoms with Crippen molar-refractivity contribution in [1.82, 2.24) is 9.55 Å². The van der Waals surface area contributed by atoms with Crippen LogP contribution in [0.3, 0.4) is 0 Å². The maximum atomic E-state index is 13.5. The van der Waals surface area contributed by atoms with E-state index in [1.165, 1.54) is 24.3 Å². The third-order valence-corrected chi connectivity index (χ3v) is 7.58. The number of esters is 1. The summed E-state index contributed by atoms with van der Waals surface area (Å²) in [5.74, 6) is -0.494. The molecule has 41 heavy (non-hydrogen) atoms. The first kappa shape index (κ1) is 26.1. The maximum absolute atomic E-state index is 13.5. The highest BCUT2D eigenvalue weighted by Crippen LogP contribution is 2.40. The molecule has 0 radical (unpaired) electrons. The van der Waals surface area contributed by atoms with Gasteiger partial charge in [-0.2, -0.15) is 0 Å². The molecule has 2 aromatic carbocycles. The smallest absolute Gasteiger partial charge is 0.458 e. The van der Waals surface area contributed by atoms with Crippen molar-refractivity contribution >= 4 is 28.7 Å². The van der Waals surface area contributed by atoms with Crippen LogP contribution in [-0.4, -0.2) is 31.7 Å². The Labute approximate surface area is 231 Å². The summed E-state index contributed by atoms with van der Waals surface area (Å²) in [4.78, 5) is 53.4. The van der Waals surface area contributed by atoms with Crippen LogP contribution in [0.5, 0.6) is 11.5 Å². The summed E-state index contributed by atoms with van der Waals surface area (Å²) in [6, 6.07) is 11.6. The number of ether oxygens (including phenoxy) is 3. The lowest BCUT2D eigenvalue weighted by Crippen LogP contribution is -2.44. The molecule has 6 rings (SSSR count). The van der Waals surface area contributed by atoms with Gasteiger partial charge in [0.25, 0.3) is 11.2 Å². The minimum atomic E-state index is -1.91. The van der Waals surface area contributed by atoms with Gasteiger partial charge in [-0.15, -0.1) is 0 Å². The van der Waals surface area contributed by atoms with E-state index in [2.05, 4.69) is 0 Å². The molecule has 1 atom stereocenters. The predicted molar refractivity (Wildman–Crippen MR) is 144 cm³/mol. The van der Waals surface area contributed by atoms with Crippen molar-refractivity contribution in [2.24, 2.45) is 0 Å². The van der Waals surface area contributed by atoms with Gasteiger partial charge in [0, 0.05) is 28.6 Å². The lowest BCUT2D eigenvalue weighted by atomic mass is 9.86. The number of benzene rings is 2. The van der Waals surface area contributed by atoms with Crippen molar-refractivity contribution in [2.75, 3.05) is 0 Å². The molecule has 0 aliphatic carbocycles. The quantitative estimate of drug-likeness (QED) is 0.144. The highest BCUT2D eigenvalue weighted by molar-refractivity contribution is 5.90. The summed E-state index contributed by atoms with van der Waals surface area (Å²) in [5, 5.41) is 22.6. The number of pyridine rings is 2. The average Bonchev–Trinajstić information content (AvgIpc) is 3.32. The first-order valence-electron chi connectivity index (χ1n) is 12.9. The molecular formula is C29H23N3O9. The van der Waals surface area contributed by atoms with Gasteiger partial charge < -0.3 is 23.9 Å². The lowest BCUT2D eigenvalue weighted by molar-refractivity contribution is -0.384. The van der Waals surface area contributed by atoms with E-state index in [1.807, 2.05) is 6.92 Å². The van der Waals surface area contributed by atoms with E-state index in [9.17, 15) is 29.6 Å². The third kappa shape index (κ3) is 4.11. The zero-order valence-corrected chi connectivity index (χ0v) is 22.0. The van der Waals surface area contributed by atoms with Crippen molar-refractivity contribution < 1.29 is 33.8 Å². The second-order valence-corrected chi connectivity index (χ2v) is 9.76. The van der Waals surface area contributed by atoms with Crippen molar-refractivity contribution in [2.45, 2.75) is 45.4 Å². The molecule has 0 fully saturated rings. The first-order chi connectivity index (χ1) is 19.6. The van der Waals surface area contributed by atoms with Gasteiger partial charge in [-0.3, -0.25) is 14.9 Å². The van der Waals surface area contributed by atoms with E-state index < -0.39 is 22.6 Å². The van der Waals surface area contributed by atoms with Gasteiger partial charge in [-0.25, -0.2) is 14.6 Å². The van der Waals surface area contributed by atoms with Crippen LogP contribution in [0.1, 0.15) is 42.5 Å². The number of nitro groups is 1.